The first-order valence-electron chi connectivity index (χ1n) is 6.52. The summed E-state index contributed by atoms with van der Waals surface area (Å²) < 4.78 is 63.0. The molecular weight excluding hydrogens is 392 g/mol. The standard InChI is InChI=1S/C16H13F3O2SSe/c1-12-7-9-14(10-8-12)22(20,21)11-15(23-16(17,18)19)13-5-3-2-4-6-13/h2-11H,1H3/b15-11+. The van der Waals surface area contributed by atoms with Gasteiger partial charge in [0.15, 0.2) is 0 Å². The first kappa shape index (κ1) is 17.8. The number of sulfone groups is 1. The van der Waals surface area contributed by atoms with Gasteiger partial charge in [-0.05, 0) is 0 Å². The first-order valence-corrected chi connectivity index (χ1v) is 9.78. The first-order chi connectivity index (χ1) is 10.7. The average Bonchev–Trinajstić information content (AvgIpc) is 2.46. The summed E-state index contributed by atoms with van der Waals surface area (Å²) in [5.74, 6) is 0. The third kappa shape index (κ3) is 5.23. The van der Waals surface area contributed by atoms with E-state index < -0.39 is 29.9 Å². The molecule has 0 amide bonds. The molecule has 2 nitrogen and oxygen atoms in total. The van der Waals surface area contributed by atoms with E-state index >= 15 is 0 Å². The van der Waals surface area contributed by atoms with E-state index in [0.717, 1.165) is 11.0 Å². The second kappa shape index (κ2) is 6.91. The Morgan fingerprint density at radius 3 is 2.09 bits per heavy atom. The molecule has 0 radical (unpaired) electrons. The second-order valence-electron chi connectivity index (χ2n) is 4.75. The molecule has 0 atom stereocenters. The van der Waals surface area contributed by atoms with Crippen molar-refractivity contribution in [2.75, 3.05) is 0 Å². The van der Waals surface area contributed by atoms with Gasteiger partial charge in [0.2, 0.25) is 0 Å². The summed E-state index contributed by atoms with van der Waals surface area (Å²) in [6, 6.07) is 13.8. The number of hydrogen-bond acceptors (Lipinski definition) is 2. The molecule has 23 heavy (non-hydrogen) atoms. The SMILES string of the molecule is Cc1ccc(S(=O)(=O)/C=C(/[Se]C(F)(F)F)c2ccccc2)cc1. The van der Waals surface area contributed by atoms with Crippen LogP contribution in [0.2, 0.25) is 0 Å². The van der Waals surface area contributed by atoms with E-state index in [1.54, 1.807) is 37.3 Å². The molecule has 0 saturated heterocycles. The second-order valence-corrected chi connectivity index (χ2v) is 8.87. The molecule has 2 aromatic rings. The molecular formula is C16H13F3O2SSe. The van der Waals surface area contributed by atoms with Gasteiger partial charge in [0.1, 0.15) is 0 Å². The number of rotatable bonds is 4. The Bertz CT molecular complexity index is 795. The van der Waals surface area contributed by atoms with Crippen molar-refractivity contribution >= 4 is 29.3 Å². The fraction of sp³-hybridized carbons (Fsp3) is 0.125. The molecule has 0 N–H and O–H groups in total. The predicted octanol–water partition coefficient (Wildman–Crippen LogP) is 3.99. The van der Waals surface area contributed by atoms with Gasteiger partial charge in [-0.25, -0.2) is 0 Å². The summed E-state index contributed by atoms with van der Waals surface area (Å²) in [4.78, 5) is -0.0190. The van der Waals surface area contributed by atoms with Crippen molar-refractivity contribution in [1.82, 2.24) is 0 Å². The molecule has 0 aromatic heterocycles. The molecule has 0 bridgehead atoms. The molecule has 2 aromatic carbocycles. The van der Waals surface area contributed by atoms with Gasteiger partial charge in [-0.2, -0.15) is 0 Å². The summed E-state index contributed by atoms with van der Waals surface area (Å²) in [6.07, 6.45) is 0. The Labute approximate surface area is 139 Å². The van der Waals surface area contributed by atoms with Gasteiger partial charge in [0.05, 0.1) is 0 Å². The van der Waals surface area contributed by atoms with E-state index in [4.69, 9.17) is 0 Å². The maximum absolute atomic E-state index is 12.8. The minimum atomic E-state index is -4.43. The van der Waals surface area contributed by atoms with Gasteiger partial charge in [0.25, 0.3) is 0 Å². The van der Waals surface area contributed by atoms with Gasteiger partial charge >= 0.3 is 139 Å². The van der Waals surface area contributed by atoms with Crippen LogP contribution in [-0.2, 0) is 9.84 Å². The number of benzene rings is 2. The Morgan fingerprint density at radius 1 is 1.00 bits per heavy atom. The van der Waals surface area contributed by atoms with Crippen LogP contribution in [0.15, 0.2) is 64.9 Å². The van der Waals surface area contributed by atoms with Crippen LogP contribution in [0.4, 0.5) is 13.2 Å². The normalized spacial score (nSPS) is 13.1. The summed E-state index contributed by atoms with van der Waals surface area (Å²) in [5, 5.41) is -3.70. The van der Waals surface area contributed by atoms with Crippen molar-refractivity contribution in [2.45, 2.75) is 16.9 Å². The molecule has 0 aliphatic heterocycles. The molecule has 7 heteroatoms. The molecule has 2 rings (SSSR count). The van der Waals surface area contributed by atoms with E-state index in [2.05, 4.69) is 0 Å². The molecule has 0 aliphatic rings. The van der Waals surface area contributed by atoms with E-state index in [0.29, 0.717) is 0 Å². The predicted molar refractivity (Wildman–Crippen MR) is 84.6 cm³/mol. The minimum absolute atomic E-state index is 0.0190. The topological polar surface area (TPSA) is 34.1 Å². The van der Waals surface area contributed by atoms with Crippen molar-refractivity contribution in [3.63, 3.8) is 0 Å². The molecule has 0 saturated carbocycles. The third-order valence-electron chi connectivity index (χ3n) is 2.90. The Morgan fingerprint density at radius 2 is 1.57 bits per heavy atom. The van der Waals surface area contributed by atoms with E-state index in [-0.39, 0.29) is 14.9 Å². The molecule has 122 valence electrons. The van der Waals surface area contributed by atoms with Crippen LogP contribution in [0.25, 0.3) is 4.47 Å². The molecule has 0 aliphatic carbocycles. The van der Waals surface area contributed by atoms with Crippen LogP contribution in [0, 0.1) is 6.92 Å². The summed E-state index contributed by atoms with van der Waals surface area (Å²) in [5.41, 5.74) is 1.14. The third-order valence-corrected chi connectivity index (χ3v) is 6.40. The van der Waals surface area contributed by atoms with Crippen molar-refractivity contribution < 1.29 is 21.6 Å². The Kier molecular flexibility index (Phi) is 5.34. The van der Waals surface area contributed by atoms with Gasteiger partial charge in [0, 0.05) is 0 Å². The Hall–Kier alpha value is -1.56. The van der Waals surface area contributed by atoms with E-state index in [1.165, 1.54) is 24.3 Å². The van der Waals surface area contributed by atoms with Gasteiger partial charge < -0.3 is 0 Å². The Balaban J connectivity index is 2.49. The average molecular weight is 405 g/mol. The number of halogens is 3. The van der Waals surface area contributed by atoms with E-state index in [9.17, 15) is 21.6 Å². The van der Waals surface area contributed by atoms with E-state index in [1.807, 2.05) is 0 Å². The van der Waals surface area contributed by atoms with Crippen LogP contribution in [0.1, 0.15) is 11.1 Å². The maximum atomic E-state index is 12.8. The summed E-state index contributed by atoms with van der Waals surface area (Å²) in [7, 11) is -3.94. The van der Waals surface area contributed by atoms with Crippen LogP contribution < -0.4 is 0 Å². The zero-order chi connectivity index (χ0) is 17.1. The molecule has 0 spiro atoms. The van der Waals surface area contributed by atoms with Crippen LogP contribution in [0.5, 0.6) is 0 Å². The summed E-state index contributed by atoms with van der Waals surface area (Å²) >= 11 is -1.95. The van der Waals surface area contributed by atoms with Crippen molar-refractivity contribution in [1.29, 1.82) is 0 Å². The fourth-order valence-corrected chi connectivity index (χ4v) is 5.09. The van der Waals surface area contributed by atoms with Gasteiger partial charge in [-0.3, -0.25) is 0 Å². The molecule has 0 heterocycles. The van der Waals surface area contributed by atoms with Crippen molar-refractivity contribution in [2.24, 2.45) is 0 Å². The van der Waals surface area contributed by atoms with Gasteiger partial charge in [-0.1, -0.05) is 0 Å². The monoisotopic (exact) mass is 406 g/mol. The van der Waals surface area contributed by atoms with Gasteiger partial charge in [-0.15, -0.1) is 0 Å². The quantitative estimate of drug-likeness (QED) is 0.721. The zero-order valence-electron chi connectivity index (χ0n) is 12.0. The zero-order valence-corrected chi connectivity index (χ0v) is 14.6. The number of aryl methyl sites for hydroxylation is 1. The van der Waals surface area contributed by atoms with Crippen LogP contribution in [-0.4, -0.2) is 28.4 Å². The fourth-order valence-electron chi connectivity index (χ4n) is 1.82. The number of alkyl halides is 3. The van der Waals surface area contributed by atoms with Crippen LogP contribution in [0.3, 0.4) is 0 Å². The van der Waals surface area contributed by atoms with Crippen molar-refractivity contribution in [3.05, 3.63) is 71.1 Å². The summed E-state index contributed by atoms with van der Waals surface area (Å²) in [6.45, 7) is 1.80. The van der Waals surface area contributed by atoms with Crippen molar-refractivity contribution in [3.8, 4) is 0 Å². The molecule has 0 unspecified atom stereocenters. The van der Waals surface area contributed by atoms with Crippen LogP contribution >= 0.6 is 0 Å². The number of hydrogen-bond donors (Lipinski definition) is 0. The molecule has 0 fully saturated rings.